The second-order valence-corrected chi connectivity index (χ2v) is 11.0. The number of Topliss-reactive ketones (excluding diaryl/α,β-unsaturated/α-hetero) is 1. The number of imidazole rings is 1. The highest BCUT2D eigenvalue weighted by Gasteiger charge is 2.30. The van der Waals surface area contributed by atoms with Gasteiger partial charge in [-0.25, -0.2) is 19.6 Å². The molecule has 0 fully saturated rings. The van der Waals surface area contributed by atoms with Crippen LogP contribution in [0.25, 0.3) is 27.5 Å². The van der Waals surface area contributed by atoms with Crippen LogP contribution in [0.3, 0.4) is 0 Å². The Morgan fingerprint density at radius 2 is 2.00 bits per heavy atom. The summed E-state index contributed by atoms with van der Waals surface area (Å²) in [6.45, 7) is 4.99. The van der Waals surface area contributed by atoms with Crippen LogP contribution in [0.15, 0.2) is 55.0 Å². The minimum Gasteiger partial charge on any atom is -0.370 e. The molecule has 1 aliphatic carbocycles. The number of anilines is 1. The summed E-state index contributed by atoms with van der Waals surface area (Å²) in [4.78, 5) is 27.9. The molecule has 5 aromatic rings. The van der Waals surface area contributed by atoms with Crippen LogP contribution in [0, 0.1) is 6.92 Å². The zero-order valence-electron chi connectivity index (χ0n) is 22.4. The van der Waals surface area contributed by atoms with E-state index in [2.05, 4.69) is 52.0 Å². The summed E-state index contributed by atoms with van der Waals surface area (Å²) in [5.74, 6) is 1.97. The van der Waals surface area contributed by atoms with E-state index in [1.807, 2.05) is 42.2 Å². The zero-order valence-corrected chi connectivity index (χ0v) is 23.3. The Hall–Kier alpha value is -4.11. The highest BCUT2D eigenvalue weighted by atomic mass is 32.1. The van der Waals surface area contributed by atoms with Gasteiger partial charge in [0.25, 0.3) is 0 Å². The Kier molecular flexibility index (Phi) is 6.83. The highest BCUT2D eigenvalue weighted by Crippen LogP contribution is 2.43. The number of pyridine rings is 1. The molecule has 0 saturated heterocycles. The van der Waals surface area contributed by atoms with Gasteiger partial charge in [0.1, 0.15) is 22.4 Å². The third-order valence-electron chi connectivity index (χ3n) is 7.19. The van der Waals surface area contributed by atoms with Gasteiger partial charge in [0.15, 0.2) is 0 Å². The molecule has 0 unspecified atom stereocenters. The minimum atomic E-state index is 0.185. The molecule has 4 heterocycles. The average Bonchev–Trinajstić information content (AvgIpc) is 3.64. The molecule has 1 aliphatic rings. The normalized spacial score (nSPS) is 12.3. The molecule has 0 bridgehead atoms. The van der Waals surface area contributed by atoms with Gasteiger partial charge in [0, 0.05) is 56.2 Å². The molecule has 9 heteroatoms. The third kappa shape index (κ3) is 4.90. The first-order valence-electron chi connectivity index (χ1n) is 13.4. The lowest BCUT2D eigenvalue weighted by Crippen LogP contribution is -2.07. The number of aryl methyl sites for hydroxylation is 4. The Bertz CT molecular complexity index is 1640. The van der Waals surface area contributed by atoms with Crippen molar-refractivity contribution in [2.45, 2.75) is 46.0 Å². The Morgan fingerprint density at radius 1 is 1.13 bits per heavy atom. The van der Waals surface area contributed by atoms with E-state index in [1.165, 1.54) is 5.56 Å². The lowest BCUT2D eigenvalue weighted by atomic mass is 9.95. The van der Waals surface area contributed by atoms with Crippen molar-refractivity contribution in [2.24, 2.45) is 7.05 Å². The molecule has 1 N–H and O–H groups in total. The van der Waals surface area contributed by atoms with Crippen LogP contribution in [-0.2, 0) is 37.5 Å². The maximum Gasteiger partial charge on any atom is 0.140 e. The number of aromatic nitrogens is 6. The third-order valence-corrected chi connectivity index (χ3v) is 8.29. The molecule has 6 rings (SSSR count). The fraction of sp³-hybridized carbons (Fsp3) is 0.300. The van der Waals surface area contributed by atoms with Crippen molar-refractivity contribution in [1.82, 2.24) is 29.3 Å². The molecule has 39 heavy (non-hydrogen) atoms. The van der Waals surface area contributed by atoms with Crippen LogP contribution in [0.5, 0.6) is 0 Å². The summed E-state index contributed by atoms with van der Waals surface area (Å²) in [5, 5.41) is 9.29. The first-order chi connectivity index (χ1) is 19.0. The van der Waals surface area contributed by atoms with Crippen molar-refractivity contribution >= 4 is 22.9 Å². The Morgan fingerprint density at radius 3 is 2.74 bits per heavy atom. The number of hydrogen-bond donors (Lipinski definition) is 1. The Labute approximate surface area is 231 Å². The van der Waals surface area contributed by atoms with E-state index in [9.17, 15) is 4.79 Å². The number of rotatable bonds is 9. The van der Waals surface area contributed by atoms with Gasteiger partial charge in [-0.1, -0.05) is 18.2 Å². The van der Waals surface area contributed by atoms with Gasteiger partial charge in [-0.05, 0) is 50.5 Å². The summed E-state index contributed by atoms with van der Waals surface area (Å²) in [5.41, 5.74) is 7.50. The first-order valence-corrected chi connectivity index (χ1v) is 14.2. The maximum atomic E-state index is 12.9. The monoisotopic (exact) mass is 537 g/mol. The minimum absolute atomic E-state index is 0.185. The van der Waals surface area contributed by atoms with Crippen molar-refractivity contribution in [3.63, 3.8) is 0 Å². The number of nitrogens with zero attached hydrogens (tertiary/aromatic N) is 6. The fourth-order valence-corrected chi connectivity index (χ4v) is 6.36. The van der Waals surface area contributed by atoms with Crippen molar-refractivity contribution in [1.29, 1.82) is 0 Å². The molecule has 0 amide bonds. The SMILES string of the molecule is CCNc1ccc(-c2nn(-c3ccccc3C)c3c2CCc2nc(CC(=O)CCc4nccn4C)sc2-3)cn1. The van der Waals surface area contributed by atoms with Crippen molar-refractivity contribution in [2.75, 3.05) is 11.9 Å². The molecule has 1 aromatic carbocycles. The largest absolute Gasteiger partial charge is 0.370 e. The molecule has 0 saturated carbocycles. The number of hydrogen-bond acceptors (Lipinski definition) is 7. The van der Waals surface area contributed by atoms with Crippen molar-refractivity contribution in [3.05, 3.63) is 82.6 Å². The molecule has 0 radical (unpaired) electrons. The quantitative estimate of drug-likeness (QED) is 0.272. The molecule has 0 spiro atoms. The molecular formula is C30H31N7OS. The van der Waals surface area contributed by atoms with Crippen LogP contribution in [0.4, 0.5) is 5.82 Å². The van der Waals surface area contributed by atoms with E-state index in [0.717, 1.165) is 74.8 Å². The number of carbonyl (C=O) groups excluding carboxylic acids is 1. The zero-order chi connectivity index (χ0) is 26.9. The lowest BCUT2D eigenvalue weighted by molar-refractivity contribution is -0.118. The van der Waals surface area contributed by atoms with Crippen LogP contribution >= 0.6 is 11.3 Å². The van der Waals surface area contributed by atoms with Gasteiger partial charge in [0.2, 0.25) is 0 Å². The fourth-order valence-electron chi connectivity index (χ4n) is 5.17. The summed E-state index contributed by atoms with van der Waals surface area (Å²) < 4.78 is 4.03. The molecule has 198 valence electrons. The number of ketones is 1. The lowest BCUT2D eigenvalue weighted by Gasteiger charge is -2.15. The molecule has 0 atom stereocenters. The smallest absolute Gasteiger partial charge is 0.140 e. The van der Waals surface area contributed by atoms with Crippen LogP contribution in [-0.4, -0.2) is 41.6 Å². The molecule has 0 aliphatic heterocycles. The number of benzene rings is 1. The first kappa shape index (κ1) is 25.2. The maximum absolute atomic E-state index is 12.9. The topological polar surface area (TPSA) is 90.5 Å². The summed E-state index contributed by atoms with van der Waals surface area (Å²) >= 11 is 1.63. The van der Waals surface area contributed by atoms with Crippen LogP contribution < -0.4 is 5.32 Å². The second-order valence-electron chi connectivity index (χ2n) is 9.89. The highest BCUT2D eigenvalue weighted by molar-refractivity contribution is 7.15. The van der Waals surface area contributed by atoms with E-state index >= 15 is 0 Å². The van der Waals surface area contributed by atoms with Crippen LogP contribution in [0.1, 0.15) is 41.0 Å². The average molecular weight is 538 g/mol. The predicted molar refractivity (Wildman–Crippen MR) is 154 cm³/mol. The van der Waals surface area contributed by atoms with E-state index in [4.69, 9.17) is 10.1 Å². The molecular weight excluding hydrogens is 506 g/mol. The number of nitrogens with one attached hydrogen (secondary N) is 1. The number of para-hydroxylation sites is 1. The van der Waals surface area contributed by atoms with Gasteiger partial charge in [-0.3, -0.25) is 4.79 Å². The van der Waals surface area contributed by atoms with Crippen molar-refractivity contribution in [3.8, 4) is 27.5 Å². The van der Waals surface area contributed by atoms with Gasteiger partial charge in [0.05, 0.1) is 34.1 Å². The second kappa shape index (κ2) is 10.6. The van der Waals surface area contributed by atoms with Gasteiger partial charge in [-0.15, -0.1) is 11.3 Å². The van der Waals surface area contributed by atoms with E-state index in [1.54, 1.807) is 17.5 Å². The van der Waals surface area contributed by atoms with E-state index in [0.29, 0.717) is 19.3 Å². The van der Waals surface area contributed by atoms with Crippen molar-refractivity contribution < 1.29 is 4.79 Å². The Balaban J connectivity index is 1.36. The van der Waals surface area contributed by atoms with Gasteiger partial charge >= 0.3 is 0 Å². The molecule has 4 aromatic heterocycles. The van der Waals surface area contributed by atoms with Crippen LogP contribution in [0.2, 0.25) is 0 Å². The van der Waals surface area contributed by atoms with E-state index in [-0.39, 0.29) is 5.78 Å². The van der Waals surface area contributed by atoms with E-state index < -0.39 is 0 Å². The summed E-state index contributed by atoms with van der Waals surface area (Å²) in [6, 6.07) is 12.4. The van der Waals surface area contributed by atoms with Gasteiger partial charge < -0.3 is 9.88 Å². The standard InChI is InChI=1S/C30H31N7OS/c1-4-31-25-13-9-20(18-33-25)28-22-11-12-23-30(29(22)37(35-28)24-8-6-5-7-19(24)2)39-27(34-23)17-21(38)10-14-26-32-15-16-36(26)3/h5-9,13,15-16,18H,4,10-12,14,17H2,1-3H3,(H,31,33). The number of carbonyl (C=O) groups is 1. The molecule has 8 nitrogen and oxygen atoms in total. The number of thiazole rings is 1. The summed E-state index contributed by atoms with van der Waals surface area (Å²) in [6.07, 6.45) is 8.69. The van der Waals surface area contributed by atoms with Gasteiger partial charge in [-0.2, -0.15) is 5.10 Å². The predicted octanol–water partition coefficient (Wildman–Crippen LogP) is 5.37. The number of fused-ring (bicyclic) bond motifs is 3. The summed E-state index contributed by atoms with van der Waals surface area (Å²) in [7, 11) is 1.96.